The summed E-state index contributed by atoms with van der Waals surface area (Å²) in [7, 11) is 1.62. The van der Waals surface area contributed by atoms with Gasteiger partial charge in [-0.25, -0.2) is 9.50 Å². The Morgan fingerprint density at radius 3 is 2.66 bits per heavy atom. The third-order valence-corrected chi connectivity index (χ3v) is 8.03. The second-order valence-electron chi connectivity index (χ2n) is 9.36. The van der Waals surface area contributed by atoms with Crippen molar-refractivity contribution >= 4 is 35.3 Å². The van der Waals surface area contributed by atoms with Crippen LogP contribution in [0.3, 0.4) is 0 Å². The zero-order chi connectivity index (χ0) is 23.4. The second-order valence-corrected chi connectivity index (χ2v) is 9.74. The molecule has 2 aliphatic rings. The Hall–Kier alpha value is -2.87. The molecule has 1 aliphatic carbocycles. The quantitative estimate of drug-likeness (QED) is 0.416. The highest BCUT2D eigenvalue weighted by Crippen LogP contribution is 2.50. The maximum Gasteiger partial charge on any atom is 0.155 e. The van der Waals surface area contributed by atoms with E-state index in [0.29, 0.717) is 10.8 Å². The predicted molar refractivity (Wildman–Crippen MR) is 141 cm³/mol. The molecule has 0 amide bonds. The lowest BCUT2D eigenvalue weighted by Crippen LogP contribution is -2.44. The summed E-state index contributed by atoms with van der Waals surface area (Å²) in [6.45, 7) is 3.80. The van der Waals surface area contributed by atoms with E-state index in [2.05, 4.69) is 21.0 Å². The molecule has 3 aromatic heterocycles. The Balaban J connectivity index is 0.00000253. The highest BCUT2D eigenvalue weighted by atomic mass is 35.5. The smallest absolute Gasteiger partial charge is 0.155 e. The van der Waals surface area contributed by atoms with Gasteiger partial charge in [0.05, 0.1) is 29.7 Å². The van der Waals surface area contributed by atoms with Crippen LogP contribution in [0.5, 0.6) is 5.75 Å². The number of methoxy groups -OCH3 is 1. The van der Waals surface area contributed by atoms with Gasteiger partial charge in [-0.05, 0) is 55.4 Å². The van der Waals surface area contributed by atoms with E-state index in [1.54, 1.807) is 7.11 Å². The van der Waals surface area contributed by atoms with E-state index in [1.807, 2.05) is 54.2 Å². The number of aromatic nitrogens is 4. The topological polar surface area (TPSA) is 81.6 Å². The van der Waals surface area contributed by atoms with Crippen LogP contribution in [-0.2, 0) is 6.42 Å². The summed E-state index contributed by atoms with van der Waals surface area (Å²) >= 11 is 6.67. The third kappa shape index (κ3) is 3.64. The summed E-state index contributed by atoms with van der Waals surface area (Å²) in [5, 5.41) is 5.20. The van der Waals surface area contributed by atoms with E-state index in [4.69, 9.17) is 27.1 Å². The van der Waals surface area contributed by atoms with E-state index < -0.39 is 0 Å². The number of nitrogens with two attached hydrogens (primary N) is 1. The van der Waals surface area contributed by atoms with Crippen molar-refractivity contribution in [2.24, 2.45) is 11.1 Å². The lowest BCUT2D eigenvalue weighted by molar-refractivity contribution is 0.187. The van der Waals surface area contributed by atoms with E-state index in [-0.39, 0.29) is 23.9 Å². The molecule has 4 heterocycles. The molecular weight excluding hydrogens is 483 g/mol. The highest BCUT2D eigenvalue weighted by Gasteiger charge is 2.46. The van der Waals surface area contributed by atoms with Gasteiger partial charge in [0, 0.05) is 36.6 Å². The maximum absolute atomic E-state index is 6.75. The molecule has 0 radical (unpaired) electrons. The van der Waals surface area contributed by atoms with Crippen molar-refractivity contribution in [3.8, 4) is 17.0 Å². The number of hydrogen-bond acceptors (Lipinski definition) is 6. The molecule has 6 rings (SSSR count). The van der Waals surface area contributed by atoms with Crippen LogP contribution >= 0.6 is 24.0 Å². The van der Waals surface area contributed by atoms with Crippen LogP contribution in [-0.4, -0.2) is 39.8 Å². The Kier molecular flexibility index (Phi) is 6.11. The van der Waals surface area contributed by atoms with Gasteiger partial charge in [-0.3, -0.25) is 4.98 Å². The number of ether oxygens (including phenoxy) is 1. The van der Waals surface area contributed by atoms with Gasteiger partial charge in [-0.15, -0.1) is 12.4 Å². The fourth-order valence-corrected chi connectivity index (χ4v) is 6.07. The zero-order valence-corrected chi connectivity index (χ0v) is 21.3. The molecule has 7 nitrogen and oxygen atoms in total. The molecule has 182 valence electrons. The highest BCUT2D eigenvalue weighted by molar-refractivity contribution is 6.34. The summed E-state index contributed by atoms with van der Waals surface area (Å²) in [4.78, 5) is 12.0. The summed E-state index contributed by atoms with van der Waals surface area (Å²) in [5.74, 6) is 1.59. The first-order valence-electron chi connectivity index (χ1n) is 11.6. The molecule has 0 unspecified atom stereocenters. The van der Waals surface area contributed by atoms with Crippen molar-refractivity contribution < 1.29 is 4.74 Å². The van der Waals surface area contributed by atoms with Crippen molar-refractivity contribution in [3.05, 3.63) is 70.8 Å². The Bertz CT molecular complexity index is 1400. The summed E-state index contributed by atoms with van der Waals surface area (Å²) < 4.78 is 7.38. The van der Waals surface area contributed by atoms with Gasteiger partial charge in [0.2, 0.25) is 0 Å². The van der Waals surface area contributed by atoms with Crippen LogP contribution in [0.25, 0.3) is 16.8 Å². The van der Waals surface area contributed by atoms with Gasteiger partial charge < -0.3 is 15.4 Å². The number of nitrogens with zero attached hydrogens (tertiary/aromatic N) is 5. The lowest BCUT2D eigenvalue weighted by Gasteiger charge is -2.42. The molecule has 4 aromatic rings. The first kappa shape index (κ1) is 23.9. The van der Waals surface area contributed by atoms with Gasteiger partial charge in [0.15, 0.2) is 5.82 Å². The minimum Gasteiger partial charge on any atom is -0.495 e. The van der Waals surface area contributed by atoms with E-state index >= 15 is 0 Å². The van der Waals surface area contributed by atoms with Crippen LogP contribution in [0.15, 0.2) is 48.8 Å². The Morgan fingerprint density at radius 1 is 1.11 bits per heavy atom. The molecule has 35 heavy (non-hydrogen) atoms. The number of pyridine rings is 1. The average molecular weight is 511 g/mol. The molecule has 0 bridgehead atoms. The summed E-state index contributed by atoms with van der Waals surface area (Å²) in [6.07, 6.45) is 6.67. The average Bonchev–Trinajstić information content (AvgIpc) is 3.44. The number of fused-ring (bicyclic) bond motifs is 2. The molecule has 1 aromatic carbocycles. The van der Waals surface area contributed by atoms with E-state index in [1.165, 1.54) is 5.56 Å². The van der Waals surface area contributed by atoms with Crippen LogP contribution in [0.4, 0.5) is 5.82 Å². The molecule has 1 atom stereocenters. The zero-order valence-electron chi connectivity index (χ0n) is 19.7. The fourth-order valence-electron chi connectivity index (χ4n) is 5.77. The first-order valence-corrected chi connectivity index (χ1v) is 12.0. The summed E-state index contributed by atoms with van der Waals surface area (Å²) in [5.41, 5.74) is 12.8. The molecule has 9 heteroatoms. The number of rotatable bonds is 3. The molecule has 1 aliphatic heterocycles. The molecule has 1 fully saturated rings. The lowest BCUT2D eigenvalue weighted by atomic mass is 9.73. The van der Waals surface area contributed by atoms with Gasteiger partial charge >= 0.3 is 0 Å². The van der Waals surface area contributed by atoms with Gasteiger partial charge in [0.1, 0.15) is 11.3 Å². The minimum absolute atomic E-state index is 0. The SMILES string of the molecule is COc1cccc(-c2c(C)nc(N3CCC4(CC3)Cc3ncccc3[C@H]4N)c3ccnn23)c1Cl.Cl. The number of anilines is 1. The van der Waals surface area contributed by atoms with Crippen LogP contribution in [0.2, 0.25) is 5.02 Å². The number of aryl methyl sites for hydroxylation is 1. The standard InChI is InChI=1S/C26H27ClN6O.ClH/c1-16-23(18-5-3-7-21(34-2)22(18)27)33-20(8-12-30-33)25(31-16)32-13-9-26(10-14-32)15-19-17(24(26)28)6-4-11-29-19;/h3-8,11-12,24H,9-10,13-15,28H2,1-2H3;1H/t24-;/m1./s1. The van der Waals surface area contributed by atoms with Crippen molar-refractivity contribution in [1.82, 2.24) is 19.6 Å². The minimum atomic E-state index is 0. The van der Waals surface area contributed by atoms with E-state index in [9.17, 15) is 0 Å². The van der Waals surface area contributed by atoms with Crippen molar-refractivity contribution in [3.63, 3.8) is 0 Å². The van der Waals surface area contributed by atoms with Crippen molar-refractivity contribution in [2.75, 3.05) is 25.1 Å². The van der Waals surface area contributed by atoms with Crippen LogP contribution in [0, 0.1) is 12.3 Å². The van der Waals surface area contributed by atoms with Gasteiger partial charge in [0.25, 0.3) is 0 Å². The molecule has 0 saturated carbocycles. The molecule has 1 saturated heterocycles. The monoisotopic (exact) mass is 510 g/mol. The van der Waals surface area contributed by atoms with E-state index in [0.717, 1.165) is 66.3 Å². The Labute approximate surface area is 215 Å². The fraction of sp³-hybridized carbons (Fsp3) is 0.346. The Morgan fingerprint density at radius 2 is 1.91 bits per heavy atom. The van der Waals surface area contributed by atoms with Crippen LogP contribution < -0.4 is 15.4 Å². The predicted octanol–water partition coefficient (Wildman–Crippen LogP) is 5.03. The first-order chi connectivity index (χ1) is 16.5. The molecular formula is C26H28Cl2N6O. The third-order valence-electron chi connectivity index (χ3n) is 7.64. The maximum atomic E-state index is 6.75. The molecule has 1 spiro atoms. The number of piperidine rings is 1. The van der Waals surface area contributed by atoms with Gasteiger partial charge in [-0.1, -0.05) is 29.8 Å². The largest absolute Gasteiger partial charge is 0.495 e. The normalized spacial score (nSPS) is 18.5. The van der Waals surface area contributed by atoms with Crippen LogP contribution in [0.1, 0.15) is 35.8 Å². The second kappa shape index (κ2) is 8.97. The number of benzene rings is 1. The van der Waals surface area contributed by atoms with Crippen molar-refractivity contribution in [2.45, 2.75) is 32.2 Å². The number of halogens is 2. The van der Waals surface area contributed by atoms with Crippen molar-refractivity contribution in [1.29, 1.82) is 0 Å². The van der Waals surface area contributed by atoms with Gasteiger partial charge in [-0.2, -0.15) is 5.10 Å². The summed E-state index contributed by atoms with van der Waals surface area (Å²) in [6, 6.07) is 12.0. The number of hydrogen-bond donors (Lipinski definition) is 1. The molecule has 2 N–H and O–H groups in total.